The van der Waals surface area contributed by atoms with Crippen LogP contribution in [0.4, 0.5) is 0 Å². The van der Waals surface area contributed by atoms with Crippen molar-refractivity contribution in [2.45, 2.75) is 18.7 Å². The van der Waals surface area contributed by atoms with Gasteiger partial charge >= 0.3 is 0 Å². The normalized spacial score (nSPS) is 12.3. The number of aryl methyl sites for hydroxylation is 1. The van der Waals surface area contributed by atoms with E-state index in [1.54, 1.807) is 6.07 Å². The van der Waals surface area contributed by atoms with Crippen molar-refractivity contribution < 1.29 is 8.42 Å². The van der Waals surface area contributed by atoms with Gasteiger partial charge in [-0.1, -0.05) is 6.92 Å². The summed E-state index contributed by atoms with van der Waals surface area (Å²) in [5, 5.41) is 0. The highest BCUT2D eigenvalue weighted by molar-refractivity contribution is 9.11. The Morgan fingerprint density at radius 2 is 2.18 bits per heavy atom. The minimum Gasteiger partial charge on any atom is -0.305 e. The van der Waals surface area contributed by atoms with Crippen molar-refractivity contribution in [2.24, 2.45) is 0 Å². The van der Waals surface area contributed by atoms with Crippen molar-refractivity contribution in [1.82, 2.24) is 9.62 Å². The largest absolute Gasteiger partial charge is 0.305 e. The highest BCUT2D eigenvalue weighted by Crippen LogP contribution is 2.29. The van der Waals surface area contributed by atoms with E-state index in [1.165, 1.54) is 11.3 Å². The van der Waals surface area contributed by atoms with Crippen LogP contribution in [0.15, 0.2) is 14.7 Å². The second-order valence-corrected chi connectivity index (χ2v) is 8.14. The average molecular weight is 341 g/mol. The molecule has 0 aliphatic carbocycles. The fraction of sp³-hybridized carbons (Fsp3) is 0.600. The van der Waals surface area contributed by atoms with E-state index in [2.05, 4.69) is 25.6 Å². The van der Waals surface area contributed by atoms with Gasteiger partial charge in [0, 0.05) is 18.0 Å². The SMILES string of the molecule is CCN(C)CCNS(=O)(=O)c1cc(Br)sc1C. The van der Waals surface area contributed by atoms with E-state index in [0.29, 0.717) is 18.0 Å². The maximum Gasteiger partial charge on any atom is 0.241 e. The van der Waals surface area contributed by atoms with Crippen LogP contribution in [0, 0.1) is 6.92 Å². The molecule has 4 nitrogen and oxygen atoms in total. The molecule has 0 saturated heterocycles. The Bertz CT molecular complexity index is 471. The van der Waals surface area contributed by atoms with Gasteiger partial charge in [-0.25, -0.2) is 13.1 Å². The molecule has 17 heavy (non-hydrogen) atoms. The molecule has 0 saturated carbocycles. The summed E-state index contributed by atoms with van der Waals surface area (Å²) in [6, 6.07) is 1.64. The third-order valence-corrected chi connectivity index (χ3v) is 5.73. The quantitative estimate of drug-likeness (QED) is 0.862. The van der Waals surface area contributed by atoms with Crippen molar-refractivity contribution in [3.8, 4) is 0 Å². The Balaban J connectivity index is 2.66. The van der Waals surface area contributed by atoms with Crippen LogP contribution in [0.2, 0.25) is 0 Å². The molecule has 1 heterocycles. The molecule has 0 aromatic carbocycles. The van der Waals surface area contributed by atoms with E-state index in [-0.39, 0.29) is 0 Å². The Morgan fingerprint density at radius 1 is 1.53 bits per heavy atom. The molecular weight excluding hydrogens is 324 g/mol. The molecule has 1 rings (SSSR count). The number of rotatable bonds is 6. The third-order valence-electron chi connectivity index (χ3n) is 2.46. The van der Waals surface area contributed by atoms with Crippen LogP contribution in [-0.2, 0) is 10.0 Å². The minimum atomic E-state index is -3.37. The van der Waals surface area contributed by atoms with Gasteiger partial charge in [0.1, 0.15) is 0 Å². The predicted molar refractivity (Wildman–Crippen MR) is 75.1 cm³/mol. The van der Waals surface area contributed by atoms with Crippen molar-refractivity contribution in [2.75, 3.05) is 26.7 Å². The number of thiophene rings is 1. The predicted octanol–water partition coefficient (Wildman–Crippen LogP) is 2.05. The number of likely N-dealkylation sites (N-methyl/N-ethyl adjacent to an activating group) is 1. The minimum absolute atomic E-state index is 0.369. The maximum atomic E-state index is 12.0. The Kier molecular flexibility index (Phi) is 5.59. The van der Waals surface area contributed by atoms with Crippen LogP contribution in [0.25, 0.3) is 0 Å². The molecule has 0 radical (unpaired) electrons. The molecule has 0 spiro atoms. The standard InChI is InChI=1S/C10H17BrN2O2S2/c1-4-13(3)6-5-12-17(14,15)9-7-10(11)16-8(9)2/h7,12H,4-6H2,1-3H3. The van der Waals surface area contributed by atoms with Crippen LogP contribution in [-0.4, -0.2) is 40.0 Å². The first-order valence-corrected chi connectivity index (χ1v) is 8.40. The average Bonchev–Trinajstić information content (AvgIpc) is 2.58. The summed E-state index contributed by atoms with van der Waals surface area (Å²) in [5.74, 6) is 0. The first-order chi connectivity index (χ1) is 7.86. The van der Waals surface area contributed by atoms with Crippen LogP contribution < -0.4 is 4.72 Å². The summed E-state index contributed by atoms with van der Waals surface area (Å²) in [6.45, 7) is 5.89. The number of nitrogens with zero attached hydrogens (tertiary/aromatic N) is 1. The lowest BCUT2D eigenvalue weighted by Crippen LogP contribution is -2.32. The summed E-state index contributed by atoms with van der Waals surface area (Å²) < 4.78 is 27.4. The molecule has 1 aromatic heterocycles. The molecule has 98 valence electrons. The van der Waals surface area contributed by atoms with Gasteiger partial charge in [0.25, 0.3) is 0 Å². The summed E-state index contributed by atoms with van der Waals surface area (Å²) in [6.07, 6.45) is 0. The highest BCUT2D eigenvalue weighted by atomic mass is 79.9. The lowest BCUT2D eigenvalue weighted by atomic mass is 10.5. The zero-order chi connectivity index (χ0) is 13.1. The van der Waals surface area contributed by atoms with Crippen molar-refractivity contribution >= 4 is 37.3 Å². The Hall–Kier alpha value is 0.0500. The molecule has 1 aromatic rings. The van der Waals surface area contributed by atoms with E-state index < -0.39 is 10.0 Å². The zero-order valence-corrected chi connectivity index (χ0v) is 13.4. The van der Waals surface area contributed by atoms with E-state index in [9.17, 15) is 8.42 Å². The van der Waals surface area contributed by atoms with Crippen molar-refractivity contribution in [3.05, 3.63) is 14.7 Å². The smallest absolute Gasteiger partial charge is 0.241 e. The first-order valence-electron chi connectivity index (χ1n) is 5.31. The van der Waals surface area contributed by atoms with Crippen LogP contribution >= 0.6 is 27.3 Å². The molecule has 0 aliphatic heterocycles. The molecule has 0 atom stereocenters. The molecule has 0 bridgehead atoms. The maximum absolute atomic E-state index is 12.0. The number of hydrogen-bond donors (Lipinski definition) is 1. The Labute approximate surface area is 115 Å². The fourth-order valence-corrected chi connectivity index (χ4v) is 4.74. The van der Waals surface area contributed by atoms with Crippen molar-refractivity contribution in [3.63, 3.8) is 0 Å². The number of nitrogens with one attached hydrogen (secondary N) is 1. The van der Waals surface area contributed by atoms with Gasteiger partial charge in [-0.3, -0.25) is 0 Å². The second kappa shape index (κ2) is 6.29. The monoisotopic (exact) mass is 340 g/mol. The lowest BCUT2D eigenvalue weighted by Gasteiger charge is -2.14. The van der Waals surface area contributed by atoms with Gasteiger partial charge in [0.15, 0.2) is 0 Å². The molecule has 0 unspecified atom stereocenters. The highest BCUT2D eigenvalue weighted by Gasteiger charge is 2.18. The van der Waals surface area contributed by atoms with Crippen molar-refractivity contribution in [1.29, 1.82) is 0 Å². The van der Waals surface area contributed by atoms with Gasteiger partial charge in [-0.05, 0) is 42.5 Å². The molecule has 0 aliphatic rings. The molecule has 0 fully saturated rings. The van der Waals surface area contributed by atoms with E-state index in [4.69, 9.17) is 0 Å². The zero-order valence-electron chi connectivity index (χ0n) is 10.2. The molecule has 1 N–H and O–H groups in total. The fourth-order valence-electron chi connectivity index (χ4n) is 1.30. The number of hydrogen-bond acceptors (Lipinski definition) is 4. The lowest BCUT2D eigenvalue weighted by molar-refractivity contribution is 0.358. The molecule has 0 amide bonds. The first kappa shape index (κ1) is 15.1. The number of halogens is 1. The summed E-state index contributed by atoms with van der Waals surface area (Å²) >= 11 is 4.72. The van der Waals surface area contributed by atoms with Gasteiger partial charge in [0.05, 0.1) is 8.68 Å². The van der Waals surface area contributed by atoms with Crippen LogP contribution in [0.5, 0.6) is 0 Å². The van der Waals surface area contributed by atoms with E-state index in [0.717, 1.165) is 15.2 Å². The van der Waals surface area contributed by atoms with Crippen LogP contribution in [0.1, 0.15) is 11.8 Å². The second-order valence-electron chi connectivity index (χ2n) is 3.76. The summed E-state index contributed by atoms with van der Waals surface area (Å²) in [5.41, 5.74) is 0. The van der Waals surface area contributed by atoms with Gasteiger partial charge in [-0.2, -0.15) is 0 Å². The summed E-state index contributed by atoms with van der Waals surface area (Å²) in [4.78, 5) is 3.22. The van der Waals surface area contributed by atoms with Gasteiger partial charge in [0.2, 0.25) is 10.0 Å². The van der Waals surface area contributed by atoms with Crippen LogP contribution in [0.3, 0.4) is 0 Å². The summed E-state index contributed by atoms with van der Waals surface area (Å²) in [7, 11) is -1.41. The van der Waals surface area contributed by atoms with E-state index in [1.807, 2.05) is 20.9 Å². The third kappa shape index (κ3) is 4.33. The number of sulfonamides is 1. The van der Waals surface area contributed by atoms with Gasteiger partial charge in [-0.15, -0.1) is 11.3 Å². The topological polar surface area (TPSA) is 49.4 Å². The Morgan fingerprint density at radius 3 is 2.65 bits per heavy atom. The molecule has 7 heteroatoms. The molecular formula is C10H17BrN2O2S2. The van der Waals surface area contributed by atoms with Gasteiger partial charge < -0.3 is 4.90 Å². The van der Waals surface area contributed by atoms with E-state index >= 15 is 0 Å².